The van der Waals surface area contributed by atoms with Crippen molar-refractivity contribution in [3.05, 3.63) is 29.8 Å². The predicted octanol–water partition coefficient (Wildman–Crippen LogP) is 1.98. The Kier molecular flexibility index (Phi) is 3.08. The lowest BCUT2D eigenvalue weighted by Gasteiger charge is -2.17. The fourth-order valence-electron chi connectivity index (χ4n) is 3.31. The van der Waals surface area contributed by atoms with E-state index in [9.17, 15) is 8.42 Å². The van der Waals surface area contributed by atoms with E-state index in [4.69, 9.17) is 5.26 Å². The summed E-state index contributed by atoms with van der Waals surface area (Å²) in [5.74, 6) is 1.04. The second-order valence-corrected chi connectivity index (χ2v) is 7.29. The maximum Gasteiger partial charge on any atom is 0.244 e. The van der Waals surface area contributed by atoms with Gasteiger partial charge in [-0.25, -0.2) is 8.42 Å². The highest BCUT2D eigenvalue weighted by atomic mass is 32.2. The van der Waals surface area contributed by atoms with Crippen LogP contribution in [0.15, 0.2) is 29.2 Å². The van der Waals surface area contributed by atoms with E-state index < -0.39 is 10.0 Å². The van der Waals surface area contributed by atoms with Gasteiger partial charge in [0.25, 0.3) is 0 Å². The van der Waals surface area contributed by atoms with E-state index >= 15 is 0 Å². The van der Waals surface area contributed by atoms with Crippen LogP contribution in [0.5, 0.6) is 0 Å². The van der Waals surface area contributed by atoms with Crippen molar-refractivity contribution < 1.29 is 8.42 Å². The maximum absolute atomic E-state index is 12.6. The van der Waals surface area contributed by atoms with Crippen molar-refractivity contribution in [2.45, 2.75) is 24.2 Å². The van der Waals surface area contributed by atoms with Crippen LogP contribution in [0.1, 0.15) is 24.8 Å². The minimum absolute atomic E-state index is 0.150. The summed E-state index contributed by atoms with van der Waals surface area (Å²) in [7, 11) is -3.51. The molecule has 2 aliphatic rings. The average molecular weight is 276 g/mol. The van der Waals surface area contributed by atoms with E-state index in [1.54, 1.807) is 22.5 Å². The zero-order chi connectivity index (χ0) is 13.5. The molecule has 1 aromatic carbocycles. The molecule has 1 aliphatic carbocycles. The first kappa shape index (κ1) is 12.6. The van der Waals surface area contributed by atoms with Crippen molar-refractivity contribution in [1.29, 1.82) is 5.26 Å². The van der Waals surface area contributed by atoms with Crippen LogP contribution in [0.4, 0.5) is 0 Å². The number of hydrogen-bond donors (Lipinski definition) is 0. The molecule has 19 heavy (non-hydrogen) atoms. The van der Waals surface area contributed by atoms with E-state index in [0.29, 0.717) is 24.9 Å². The Morgan fingerprint density at radius 2 is 1.79 bits per heavy atom. The molecule has 1 heterocycles. The van der Waals surface area contributed by atoms with Crippen LogP contribution in [0.2, 0.25) is 0 Å². The summed E-state index contributed by atoms with van der Waals surface area (Å²) in [6.07, 6.45) is 3.49. The topological polar surface area (TPSA) is 61.2 Å². The predicted molar refractivity (Wildman–Crippen MR) is 70.7 cm³/mol. The smallest absolute Gasteiger partial charge is 0.207 e. The zero-order valence-corrected chi connectivity index (χ0v) is 11.4. The summed E-state index contributed by atoms with van der Waals surface area (Å²) in [5.41, 5.74) is 0.236. The Balaban J connectivity index is 1.94. The van der Waals surface area contributed by atoms with E-state index in [1.165, 1.54) is 12.5 Å². The van der Waals surface area contributed by atoms with Crippen molar-refractivity contribution in [3.8, 4) is 6.07 Å². The highest BCUT2D eigenvalue weighted by Gasteiger charge is 2.41. The molecule has 1 aromatic rings. The zero-order valence-electron chi connectivity index (χ0n) is 10.6. The molecule has 0 amide bonds. The molecule has 0 bridgehead atoms. The van der Waals surface area contributed by atoms with Gasteiger partial charge in [-0.05, 0) is 36.8 Å². The molecule has 0 aromatic heterocycles. The fourth-order valence-corrected chi connectivity index (χ4v) is 5.01. The molecule has 4 nitrogen and oxygen atoms in total. The lowest BCUT2D eigenvalue weighted by molar-refractivity contribution is 0.445. The van der Waals surface area contributed by atoms with E-state index in [2.05, 4.69) is 0 Å². The third-order valence-corrected chi connectivity index (χ3v) is 6.21. The van der Waals surface area contributed by atoms with Gasteiger partial charge in [-0.3, -0.25) is 0 Å². The number of hydrogen-bond acceptors (Lipinski definition) is 3. The quantitative estimate of drug-likeness (QED) is 0.829. The number of sulfonamides is 1. The van der Waals surface area contributed by atoms with Crippen LogP contribution in [0.3, 0.4) is 0 Å². The van der Waals surface area contributed by atoms with Crippen molar-refractivity contribution in [3.63, 3.8) is 0 Å². The van der Waals surface area contributed by atoms with Gasteiger partial charge in [0, 0.05) is 13.1 Å². The molecule has 2 fully saturated rings. The molecular formula is C14H16N2O2S. The molecule has 3 rings (SSSR count). The van der Waals surface area contributed by atoms with Gasteiger partial charge in [0.05, 0.1) is 10.5 Å². The first-order chi connectivity index (χ1) is 9.13. The average Bonchev–Trinajstić information content (AvgIpc) is 2.99. The van der Waals surface area contributed by atoms with Gasteiger partial charge >= 0.3 is 0 Å². The summed E-state index contributed by atoms with van der Waals surface area (Å²) in [4.78, 5) is 0.150. The van der Waals surface area contributed by atoms with Crippen molar-refractivity contribution in [2.24, 2.45) is 11.8 Å². The molecule has 1 saturated carbocycles. The highest BCUT2D eigenvalue weighted by Crippen LogP contribution is 2.39. The number of nitrogens with zero attached hydrogens (tertiary/aromatic N) is 2. The van der Waals surface area contributed by atoms with Gasteiger partial charge in [-0.15, -0.1) is 0 Å². The molecule has 2 atom stereocenters. The van der Waals surface area contributed by atoms with Crippen LogP contribution < -0.4 is 0 Å². The lowest BCUT2D eigenvalue weighted by Crippen LogP contribution is -2.30. The van der Waals surface area contributed by atoms with Gasteiger partial charge in [-0.2, -0.15) is 9.57 Å². The Morgan fingerprint density at radius 1 is 1.16 bits per heavy atom. The maximum atomic E-state index is 12.6. The van der Waals surface area contributed by atoms with Crippen LogP contribution in [-0.2, 0) is 10.0 Å². The highest BCUT2D eigenvalue weighted by molar-refractivity contribution is 7.89. The van der Waals surface area contributed by atoms with Gasteiger partial charge in [-0.1, -0.05) is 18.6 Å². The Bertz CT molecular complexity index is 621. The van der Waals surface area contributed by atoms with Crippen molar-refractivity contribution >= 4 is 10.0 Å². The number of nitriles is 1. The minimum Gasteiger partial charge on any atom is -0.207 e. The van der Waals surface area contributed by atoms with Crippen LogP contribution in [-0.4, -0.2) is 25.8 Å². The molecule has 100 valence electrons. The first-order valence-corrected chi connectivity index (χ1v) is 8.06. The van der Waals surface area contributed by atoms with E-state index in [-0.39, 0.29) is 10.5 Å². The largest absolute Gasteiger partial charge is 0.244 e. The molecule has 0 spiro atoms. The number of benzene rings is 1. The summed E-state index contributed by atoms with van der Waals surface area (Å²) in [6, 6.07) is 8.42. The summed E-state index contributed by atoms with van der Waals surface area (Å²) in [6.45, 7) is 1.24. The molecule has 0 radical (unpaired) electrons. The lowest BCUT2D eigenvalue weighted by atomic mass is 10.0. The van der Waals surface area contributed by atoms with Crippen LogP contribution in [0, 0.1) is 23.2 Å². The minimum atomic E-state index is -3.51. The van der Waals surface area contributed by atoms with Crippen LogP contribution in [0.25, 0.3) is 0 Å². The van der Waals surface area contributed by atoms with E-state index in [1.807, 2.05) is 6.07 Å². The molecule has 2 unspecified atom stereocenters. The van der Waals surface area contributed by atoms with Gasteiger partial charge in [0.2, 0.25) is 10.0 Å². The molecule has 1 saturated heterocycles. The first-order valence-electron chi connectivity index (χ1n) is 6.62. The van der Waals surface area contributed by atoms with Gasteiger partial charge < -0.3 is 0 Å². The fraction of sp³-hybridized carbons (Fsp3) is 0.500. The third kappa shape index (κ3) is 2.05. The summed E-state index contributed by atoms with van der Waals surface area (Å²) in [5, 5.41) is 9.05. The Hall–Kier alpha value is -1.38. The van der Waals surface area contributed by atoms with Crippen molar-refractivity contribution in [1.82, 2.24) is 4.31 Å². The second-order valence-electron chi connectivity index (χ2n) is 5.38. The van der Waals surface area contributed by atoms with E-state index in [0.717, 1.165) is 12.8 Å². The molecular weight excluding hydrogens is 260 g/mol. The van der Waals surface area contributed by atoms with Crippen LogP contribution >= 0.6 is 0 Å². The molecule has 5 heteroatoms. The Morgan fingerprint density at radius 3 is 2.42 bits per heavy atom. The number of rotatable bonds is 2. The number of fused-ring (bicyclic) bond motifs is 1. The van der Waals surface area contributed by atoms with Gasteiger partial charge in [0.15, 0.2) is 0 Å². The molecule has 1 aliphatic heterocycles. The Labute approximate surface area is 113 Å². The standard InChI is InChI=1S/C14H16N2O2S/c15-8-11-4-1-2-7-14(11)19(17,18)16-9-12-5-3-6-13(12)10-16/h1-2,4,7,12-13H,3,5-6,9-10H2. The normalized spacial score (nSPS) is 27.1. The second kappa shape index (κ2) is 4.62. The third-order valence-electron chi connectivity index (χ3n) is 4.32. The monoisotopic (exact) mass is 276 g/mol. The summed E-state index contributed by atoms with van der Waals surface area (Å²) < 4.78 is 26.8. The van der Waals surface area contributed by atoms with Gasteiger partial charge in [0.1, 0.15) is 6.07 Å². The molecule has 0 N–H and O–H groups in total. The van der Waals surface area contributed by atoms with Crippen molar-refractivity contribution in [2.75, 3.05) is 13.1 Å². The SMILES string of the molecule is N#Cc1ccccc1S(=O)(=O)N1CC2CCCC2C1. The summed E-state index contributed by atoms with van der Waals surface area (Å²) >= 11 is 0.